The van der Waals surface area contributed by atoms with Crippen LogP contribution in [0.3, 0.4) is 0 Å². The van der Waals surface area contributed by atoms with Crippen molar-refractivity contribution >= 4 is 23.5 Å². The minimum atomic E-state index is -5.08. The molecule has 0 aliphatic carbocycles. The van der Waals surface area contributed by atoms with E-state index in [-0.39, 0.29) is 17.3 Å². The zero-order valence-electron chi connectivity index (χ0n) is 15.6. The van der Waals surface area contributed by atoms with E-state index in [4.69, 9.17) is 21.5 Å². The third-order valence-electron chi connectivity index (χ3n) is 4.04. The third-order valence-corrected chi connectivity index (χ3v) is 4.28. The molecule has 1 aromatic heterocycles. The predicted octanol–water partition coefficient (Wildman–Crippen LogP) is 2.38. The molecule has 8 nitrogen and oxygen atoms in total. The first-order valence-corrected chi connectivity index (χ1v) is 8.80. The second kappa shape index (κ2) is 8.78. The van der Waals surface area contributed by atoms with E-state index in [1.54, 1.807) is 16.8 Å². The molecule has 1 amide bonds. The quantitative estimate of drug-likeness (QED) is 0.754. The summed E-state index contributed by atoms with van der Waals surface area (Å²) in [5, 5.41) is 15.3. The number of amides is 1. The summed E-state index contributed by atoms with van der Waals surface area (Å²) >= 11 is 5.98. The molecule has 2 aromatic rings. The summed E-state index contributed by atoms with van der Waals surface area (Å²) in [6.45, 7) is 6.26. The van der Waals surface area contributed by atoms with E-state index in [9.17, 15) is 18.0 Å². The minimum Gasteiger partial charge on any atom is -0.475 e. The van der Waals surface area contributed by atoms with Crippen LogP contribution in [0.5, 0.6) is 0 Å². The lowest BCUT2D eigenvalue weighted by molar-refractivity contribution is -0.192. The highest BCUT2D eigenvalue weighted by Crippen LogP contribution is 2.19. The second-order valence-electron chi connectivity index (χ2n) is 6.74. The van der Waals surface area contributed by atoms with Gasteiger partial charge in [0, 0.05) is 24.7 Å². The molecule has 1 aliphatic heterocycles. The van der Waals surface area contributed by atoms with Crippen LogP contribution in [-0.2, 0) is 4.79 Å². The fourth-order valence-corrected chi connectivity index (χ4v) is 2.77. The SMILES string of the molecule is CC1(C)CNCCN1C(=O)c1ncn(-c2cccc(Cl)c2)n1.O=C(O)C(F)(F)F. The molecule has 1 fully saturated rings. The summed E-state index contributed by atoms with van der Waals surface area (Å²) < 4.78 is 33.3. The average molecular weight is 434 g/mol. The average Bonchev–Trinajstić information content (AvgIpc) is 3.11. The van der Waals surface area contributed by atoms with Crippen LogP contribution in [0, 0.1) is 0 Å². The molecule has 0 radical (unpaired) electrons. The van der Waals surface area contributed by atoms with Crippen molar-refractivity contribution < 1.29 is 27.9 Å². The van der Waals surface area contributed by atoms with Gasteiger partial charge in [-0.05, 0) is 32.0 Å². The molecule has 2 N–H and O–H groups in total. The van der Waals surface area contributed by atoms with Gasteiger partial charge in [-0.15, -0.1) is 5.10 Å². The standard InChI is InChI=1S/C15H18ClN5O.C2HF3O2/c1-15(2)9-17-6-7-20(15)14(22)13-18-10-21(19-13)12-5-3-4-11(16)8-12;3-2(4,5)1(6)7/h3-5,8,10,17H,6-7,9H2,1-2H3;(H,6,7). The van der Waals surface area contributed by atoms with Gasteiger partial charge in [0.1, 0.15) is 6.33 Å². The smallest absolute Gasteiger partial charge is 0.475 e. The molecule has 0 bridgehead atoms. The van der Waals surface area contributed by atoms with Crippen LogP contribution in [0.25, 0.3) is 5.69 Å². The highest BCUT2D eigenvalue weighted by Gasteiger charge is 2.38. The number of piperazine rings is 1. The van der Waals surface area contributed by atoms with Gasteiger partial charge in [-0.2, -0.15) is 13.2 Å². The van der Waals surface area contributed by atoms with Crippen molar-refractivity contribution in [3.63, 3.8) is 0 Å². The summed E-state index contributed by atoms with van der Waals surface area (Å²) in [5.74, 6) is -2.70. The lowest BCUT2D eigenvalue weighted by atomic mass is 10.00. The first-order valence-electron chi connectivity index (χ1n) is 8.42. The Morgan fingerprint density at radius 1 is 1.31 bits per heavy atom. The number of carboxylic acids is 1. The van der Waals surface area contributed by atoms with Crippen LogP contribution in [0.1, 0.15) is 24.5 Å². The van der Waals surface area contributed by atoms with Crippen molar-refractivity contribution in [1.82, 2.24) is 25.0 Å². The largest absolute Gasteiger partial charge is 0.490 e. The molecule has 1 aromatic carbocycles. The fourth-order valence-electron chi connectivity index (χ4n) is 2.58. The lowest BCUT2D eigenvalue weighted by Gasteiger charge is -2.42. The summed E-state index contributed by atoms with van der Waals surface area (Å²) in [4.78, 5) is 27.5. The van der Waals surface area contributed by atoms with Gasteiger partial charge in [0.05, 0.1) is 11.2 Å². The molecule has 0 spiro atoms. The van der Waals surface area contributed by atoms with Crippen LogP contribution in [0.2, 0.25) is 5.02 Å². The van der Waals surface area contributed by atoms with Gasteiger partial charge in [-0.1, -0.05) is 17.7 Å². The highest BCUT2D eigenvalue weighted by atomic mass is 35.5. The van der Waals surface area contributed by atoms with Crippen LogP contribution < -0.4 is 5.32 Å². The Morgan fingerprint density at radius 3 is 2.52 bits per heavy atom. The Hall–Kier alpha value is -2.66. The molecule has 0 atom stereocenters. The number of hydrogen-bond donors (Lipinski definition) is 2. The van der Waals surface area contributed by atoms with Crippen molar-refractivity contribution in [1.29, 1.82) is 0 Å². The van der Waals surface area contributed by atoms with Gasteiger partial charge < -0.3 is 15.3 Å². The summed E-state index contributed by atoms with van der Waals surface area (Å²) in [5.41, 5.74) is 0.523. The van der Waals surface area contributed by atoms with Gasteiger partial charge in [-0.3, -0.25) is 4.79 Å². The summed E-state index contributed by atoms with van der Waals surface area (Å²) in [6.07, 6.45) is -3.55. The van der Waals surface area contributed by atoms with E-state index in [1.165, 1.54) is 6.33 Å². The Labute approximate surface area is 169 Å². The number of carbonyl (C=O) groups excluding carboxylic acids is 1. The second-order valence-corrected chi connectivity index (χ2v) is 7.18. The van der Waals surface area contributed by atoms with Gasteiger partial charge in [-0.25, -0.2) is 14.5 Å². The summed E-state index contributed by atoms with van der Waals surface area (Å²) in [7, 11) is 0. The number of nitrogens with one attached hydrogen (secondary N) is 1. The van der Waals surface area contributed by atoms with Crippen LogP contribution >= 0.6 is 11.6 Å². The number of rotatable bonds is 2. The number of carbonyl (C=O) groups is 2. The first-order chi connectivity index (χ1) is 13.4. The van der Waals surface area contributed by atoms with Gasteiger partial charge in [0.25, 0.3) is 5.91 Å². The number of hydrogen-bond acceptors (Lipinski definition) is 5. The number of aliphatic carboxylic acids is 1. The predicted molar refractivity (Wildman–Crippen MR) is 98.0 cm³/mol. The molecule has 12 heteroatoms. The molecule has 3 rings (SSSR count). The number of alkyl halides is 3. The van der Waals surface area contributed by atoms with E-state index < -0.39 is 12.1 Å². The Balaban J connectivity index is 0.000000370. The topological polar surface area (TPSA) is 100 Å². The maximum absolute atomic E-state index is 12.7. The van der Waals surface area contributed by atoms with Crippen molar-refractivity contribution in [2.24, 2.45) is 0 Å². The molecule has 0 unspecified atom stereocenters. The normalized spacial score (nSPS) is 16.0. The Bertz CT molecular complexity index is 885. The van der Waals surface area contributed by atoms with E-state index in [0.717, 1.165) is 18.8 Å². The highest BCUT2D eigenvalue weighted by molar-refractivity contribution is 6.30. The van der Waals surface area contributed by atoms with E-state index in [2.05, 4.69) is 15.4 Å². The monoisotopic (exact) mass is 433 g/mol. The molecular weight excluding hydrogens is 415 g/mol. The zero-order chi connectivity index (χ0) is 21.8. The van der Waals surface area contributed by atoms with Gasteiger partial charge in [0.2, 0.25) is 5.82 Å². The molecule has 0 saturated carbocycles. The van der Waals surface area contributed by atoms with Crippen molar-refractivity contribution in [2.45, 2.75) is 25.6 Å². The third kappa shape index (κ3) is 5.91. The molecule has 1 aliphatic rings. The van der Waals surface area contributed by atoms with Crippen LogP contribution in [-0.4, -0.2) is 68.0 Å². The maximum Gasteiger partial charge on any atom is 0.490 e. The molecular formula is C17H19ClF3N5O3. The molecule has 1 saturated heterocycles. The molecule has 29 heavy (non-hydrogen) atoms. The summed E-state index contributed by atoms with van der Waals surface area (Å²) in [6, 6.07) is 7.26. The number of benzene rings is 1. The number of nitrogens with zero attached hydrogens (tertiary/aromatic N) is 4. The number of aromatic nitrogens is 3. The van der Waals surface area contributed by atoms with E-state index in [1.807, 2.05) is 30.9 Å². The Morgan fingerprint density at radius 2 is 1.97 bits per heavy atom. The fraction of sp³-hybridized carbons (Fsp3) is 0.412. The van der Waals surface area contributed by atoms with Gasteiger partial charge in [0.15, 0.2) is 0 Å². The van der Waals surface area contributed by atoms with E-state index >= 15 is 0 Å². The lowest BCUT2D eigenvalue weighted by Crippen LogP contribution is -2.60. The van der Waals surface area contributed by atoms with Crippen LogP contribution in [0.15, 0.2) is 30.6 Å². The van der Waals surface area contributed by atoms with Crippen molar-refractivity contribution in [2.75, 3.05) is 19.6 Å². The number of halogens is 4. The minimum absolute atomic E-state index is 0.146. The van der Waals surface area contributed by atoms with E-state index in [0.29, 0.717) is 11.6 Å². The zero-order valence-corrected chi connectivity index (χ0v) is 16.3. The van der Waals surface area contributed by atoms with Crippen molar-refractivity contribution in [3.8, 4) is 5.69 Å². The van der Waals surface area contributed by atoms with Gasteiger partial charge >= 0.3 is 12.1 Å². The van der Waals surface area contributed by atoms with Crippen molar-refractivity contribution in [3.05, 3.63) is 41.4 Å². The molecule has 2 heterocycles. The van der Waals surface area contributed by atoms with Crippen LogP contribution in [0.4, 0.5) is 13.2 Å². The Kier molecular flexibility index (Phi) is 6.85. The maximum atomic E-state index is 12.7. The molecule has 158 valence electrons. The number of carboxylic acid groups (broad SMARTS) is 1. The first kappa shape index (κ1) is 22.6.